The van der Waals surface area contributed by atoms with Gasteiger partial charge in [0.25, 0.3) is 5.56 Å². The molecule has 1 aromatic rings. The van der Waals surface area contributed by atoms with E-state index in [1.807, 2.05) is 6.92 Å². The fourth-order valence-corrected chi connectivity index (χ4v) is 2.48. The first-order chi connectivity index (χ1) is 9.13. The minimum absolute atomic E-state index is 0.0295. The van der Waals surface area contributed by atoms with Crippen molar-refractivity contribution in [3.05, 3.63) is 27.4 Å². The third-order valence-electron chi connectivity index (χ3n) is 3.70. The average molecular weight is 266 g/mol. The lowest BCUT2D eigenvalue weighted by Crippen LogP contribution is -2.45. The van der Waals surface area contributed by atoms with E-state index < -0.39 is 0 Å². The van der Waals surface area contributed by atoms with Gasteiger partial charge in [-0.2, -0.15) is 0 Å². The second kappa shape index (κ2) is 6.27. The Morgan fingerprint density at radius 3 is 2.68 bits per heavy atom. The van der Waals surface area contributed by atoms with Gasteiger partial charge in [-0.25, -0.2) is 4.98 Å². The summed E-state index contributed by atoms with van der Waals surface area (Å²) in [5, 5.41) is 12.3. The van der Waals surface area contributed by atoms with Gasteiger partial charge in [0, 0.05) is 50.5 Å². The van der Waals surface area contributed by atoms with E-state index in [1.165, 1.54) is 0 Å². The first-order valence-corrected chi connectivity index (χ1v) is 6.78. The molecule has 3 N–H and O–H groups in total. The molecule has 1 aliphatic rings. The molecule has 1 aromatic heterocycles. The van der Waals surface area contributed by atoms with E-state index >= 15 is 0 Å². The Labute approximate surface area is 112 Å². The zero-order valence-electron chi connectivity index (χ0n) is 11.6. The molecule has 0 saturated carbocycles. The number of aliphatic hydroxyl groups excluding tert-OH is 1. The average Bonchev–Trinajstić information content (AvgIpc) is 2.43. The number of aliphatic hydroxyl groups is 1. The van der Waals surface area contributed by atoms with E-state index in [-0.39, 0.29) is 18.2 Å². The number of aromatic amines is 1. The maximum Gasteiger partial charge on any atom is 0.254 e. The molecule has 2 heterocycles. The van der Waals surface area contributed by atoms with Crippen molar-refractivity contribution in [1.29, 1.82) is 0 Å². The molecule has 0 aliphatic carbocycles. The normalized spacial score (nSPS) is 18.5. The number of H-pyrrole nitrogens is 1. The molecule has 6 heteroatoms. The van der Waals surface area contributed by atoms with Crippen LogP contribution >= 0.6 is 0 Å². The van der Waals surface area contributed by atoms with E-state index in [4.69, 9.17) is 5.11 Å². The van der Waals surface area contributed by atoms with Gasteiger partial charge in [-0.3, -0.25) is 9.69 Å². The fourth-order valence-electron chi connectivity index (χ4n) is 2.48. The Bertz CT molecular complexity index is 480. The minimum Gasteiger partial charge on any atom is -0.396 e. The van der Waals surface area contributed by atoms with Crippen molar-refractivity contribution >= 4 is 0 Å². The van der Waals surface area contributed by atoms with Gasteiger partial charge in [0.1, 0.15) is 5.82 Å². The smallest absolute Gasteiger partial charge is 0.254 e. The molecule has 1 saturated heterocycles. The van der Waals surface area contributed by atoms with Gasteiger partial charge in [-0.1, -0.05) is 0 Å². The summed E-state index contributed by atoms with van der Waals surface area (Å²) in [6.45, 7) is 7.72. The highest BCUT2D eigenvalue weighted by molar-refractivity contribution is 5.17. The molecule has 106 valence electrons. The number of rotatable bonds is 4. The maximum atomic E-state index is 12.0. The first-order valence-electron chi connectivity index (χ1n) is 6.78. The fraction of sp³-hybridized carbons (Fsp3) is 0.692. The van der Waals surface area contributed by atoms with Crippen LogP contribution in [0.3, 0.4) is 0 Å². The summed E-state index contributed by atoms with van der Waals surface area (Å²) in [5.41, 5.74) is 1.17. The molecule has 0 spiro atoms. The molecular formula is C13H22N4O2. The number of nitrogens with zero attached hydrogens (tertiary/aromatic N) is 2. The van der Waals surface area contributed by atoms with Crippen LogP contribution in [0.5, 0.6) is 0 Å². The predicted octanol–water partition coefficient (Wildman–Crippen LogP) is -0.421. The van der Waals surface area contributed by atoms with Crippen molar-refractivity contribution in [1.82, 2.24) is 20.2 Å². The molecule has 19 heavy (non-hydrogen) atoms. The molecule has 0 bridgehead atoms. The van der Waals surface area contributed by atoms with Crippen molar-refractivity contribution in [2.75, 3.05) is 32.8 Å². The minimum atomic E-state index is -0.126. The number of aryl methyl sites for hydroxylation is 1. The molecule has 0 amide bonds. The van der Waals surface area contributed by atoms with Crippen LogP contribution in [0.1, 0.15) is 30.0 Å². The third kappa shape index (κ3) is 3.20. The standard InChI is InChI=1S/C13H22N4O2/c1-9-11(3-8-18)13(19)16-12(15-9)10(2)17-6-4-14-5-7-17/h10,14,18H,3-8H2,1-2H3,(H,15,16,19). The molecule has 1 aliphatic heterocycles. The number of nitrogens with one attached hydrogen (secondary N) is 2. The van der Waals surface area contributed by atoms with Crippen molar-refractivity contribution in [2.45, 2.75) is 26.3 Å². The number of aromatic nitrogens is 2. The predicted molar refractivity (Wildman–Crippen MR) is 73.2 cm³/mol. The van der Waals surface area contributed by atoms with Crippen LogP contribution in [-0.2, 0) is 6.42 Å². The van der Waals surface area contributed by atoms with Crippen LogP contribution in [0.2, 0.25) is 0 Å². The Morgan fingerprint density at radius 1 is 1.42 bits per heavy atom. The molecule has 1 unspecified atom stereocenters. The highest BCUT2D eigenvalue weighted by atomic mass is 16.3. The second-order valence-electron chi connectivity index (χ2n) is 4.95. The monoisotopic (exact) mass is 266 g/mol. The van der Waals surface area contributed by atoms with Crippen LogP contribution in [0.15, 0.2) is 4.79 Å². The van der Waals surface area contributed by atoms with E-state index in [0.717, 1.165) is 31.9 Å². The van der Waals surface area contributed by atoms with Crippen molar-refractivity contribution in [3.8, 4) is 0 Å². The van der Waals surface area contributed by atoms with Gasteiger partial charge >= 0.3 is 0 Å². The summed E-state index contributed by atoms with van der Waals surface area (Å²) in [7, 11) is 0. The van der Waals surface area contributed by atoms with E-state index in [9.17, 15) is 4.79 Å². The lowest BCUT2D eigenvalue weighted by Gasteiger charge is -2.32. The lowest BCUT2D eigenvalue weighted by atomic mass is 10.1. The van der Waals surface area contributed by atoms with Crippen LogP contribution < -0.4 is 10.9 Å². The van der Waals surface area contributed by atoms with Gasteiger partial charge in [0.05, 0.1) is 6.04 Å². The van der Waals surface area contributed by atoms with Crippen molar-refractivity contribution in [2.24, 2.45) is 0 Å². The quantitative estimate of drug-likeness (QED) is 0.689. The number of piperazine rings is 1. The maximum absolute atomic E-state index is 12.0. The molecular weight excluding hydrogens is 244 g/mol. The Kier molecular flexibility index (Phi) is 4.68. The molecule has 0 radical (unpaired) electrons. The summed E-state index contributed by atoms with van der Waals surface area (Å²) in [6, 6.07) is 0.108. The Balaban J connectivity index is 2.22. The zero-order valence-corrected chi connectivity index (χ0v) is 11.6. The van der Waals surface area contributed by atoms with Crippen molar-refractivity contribution in [3.63, 3.8) is 0 Å². The van der Waals surface area contributed by atoms with Crippen LogP contribution in [0.4, 0.5) is 0 Å². The van der Waals surface area contributed by atoms with E-state index in [2.05, 4.69) is 27.1 Å². The topological polar surface area (TPSA) is 81.2 Å². The van der Waals surface area contributed by atoms with Gasteiger partial charge in [-0.15, -0.1) is 0 Å². The first kappa shape index (κ1) is 14.2. The van der Waals surface area contributed by atoms with Gasteiger partial charge in [0.2, 0.25) is 0 Å². The summed E-state index contributed by atoms with van der Waals surface area (Å²) in [6.07, 6.45) is 0.358. The molecule has 1 atom stereocenters. The molecule has 6 nitrogen and oxygen atoms in total. The highest BCUT2D eigenvalue weighted by Crippen LogP contribution is 2.16. The summed E-state index contributed by atoms with van der Waals surface area (Å²) in [4.78, 5) is 21.7. The van der Waals surface area contributed by atoms with Gasteiger partial charge in [0.15, 0.2) is 0 Å². The molecule has 2 rings (SSSR count). The summed E-state index contributed by atoms with van der Waals surface area (Å²) < 4.78 is 0. The SMILES string of the molecule is Cc1nc(C(C)N2CCNCC2)[nH]c(=O)c1CCO. The van der Waals surface area contributed by atoms with Gasteiger partial charge in [-0.05, 0) is 13.8 Å². The zero-order chi connectivity index (χ0) is 13.8. The molecule has 1 fully saturated rings. The molecule has 0 aromatic carbocycles. The third-order valence-corrected chi connectivity index (χ3v) is 3.70. The van der Waals surface area contributed by atoms with Crippen LogP contribution in [0, 0.1) is 6.92 Å². The number of hydrogen-bond donors (Lipinski definition) is 3. The highest BCUT2D eigenvalue weighted by Gasteiger charge is 2.20. The summed E-state index contributed by atoms with van der Waals surface area (Å²) in [5.74, 6) is 0.714. The number of hydrogen-bond acceptors (Lipinski definition) is 5. The second-order valence-corrected chi connectivity index (χ2v) is 4.95. The lowest BCUT2D eigenvalue weighted by molar-refractivity contribution is 0.178. The van der Waals surface area contributed by atoms with E-state index in [1.54, 1.807) is 0 Å². The Hall–Kier alpha value is -1.24. The largest absolute Gasteiger partial charge is 0.396 e. The summed E-state index contributed by atoms with van der Waals surface area (Å²) >= 11 is 0. The Morgan fingerprint density at radius 2 is 2.11 bits per heavy atom. The van der Waals surface area contributed by atoms with Crippen LogP contribution in [0.25, 0.3) is 0 Å². The van der Waals surface area contributed by atoms with E-state index in [0.29, 0.717) is 17.8 Å². The van der Waals surface area contributed by atoms with Gasteiger partial charge < -0.3 is 15.4 Å². The van der Waals surface area contributed by atoms with Crippen molar-refractivity contribution < 1.29 is 5.11 Å². The van der Waals surface area contributed by atoms with Crippen LogP contribution in [-0.4, -0.2) is 52.8 Å².